The highest BCUT2D eigenvalue weighted by molar-refractivity contribution is 5.95. The Balaban J connectivity index is 1.70. The zero-order valence-electron chi connectivity index (χ0n) is 12.8. The molecule has 22 heavy (non-hydrogen) atoms. The summed E-state index contributed by atoms with van der Waals surface area (Å²) in [5.41, 5.74) is 5.37. The smallest absolute Gasteiger partial charge is 0.321 e. The Morgan fingerprint density at radius 1 is 1.18 bits per heavy atom. The maximum Gasteiger partial charge on any atom is 0.321 e. The number of likely N-dealkylation sites (tertiary alicyclic amines) is 1. The Labute approximate surface area is 130 Å². The van der Waals surface area contributed by atoms with Crippen molar-refractivity contribution in [1.29, 1.82) is 0 Å². The van der Waals surface area contributed by atoms with Crippen molar-refractivity contribution in [2.45, 2.75) is 31.7 Å². The van der Waals surface area contributed by atoms with E-state index >= 15 is 0 Å². The zero-order valence-corrected chi connectivity index (χ0v) is 12.8. The van der Waals surface area contributed by atoms with Gasteiger partial charge < -0.3 is 16.4 Å². The normalized spacial score (nSPS) is 22.0. The molecule has 8 nitrogen and oxygen atoms in total. The number of nitrogens with one attached hydrogen (secondary N) is 3. The van der Waals surface area contributed by atoms with E-state index in [1.807, 2.05) is 4.90 Å². The quantitative estimate of drug-likeness (QED) is 0.490. The van der Waals surface area contributed by atoms with Crippen molar-refractivity contribution >= 4 is 17.8 Å². The molecular formula is C14H25N5O3. The van der Waals surface area contributed by atoms with Crippen molar-refractivity contribution in [3.05, 3.63) is 0 Å². The van der Waals surface area contributed by atoms with Crippen LogP contribution in [0.25, 0.3) is 0 Å². The van der Waals surface area contributed by atoms with E-state index in [4.69, 9.17) is 5.73 Å². The van der Waals surface area contributed by atoms with Crippen molar-refractivity contribution in [3.63, 3.8) is 0 Å². The lowest BCUT2D eigenvalue weighted by Crippen LogP contribution is -2.49. The van der Waals surface area contributed by atoms with E-state index in [2.05, 4.69) is 16.0 Å². The van der Waals surface area contributed by atoms with Crippen LogP contribution in [0.4, 0.5) is 4.79 Å². The number of urea groups is 1. The molecule has 2 fully saturated rings. The van der Waals surface area contributed by atoms with E-state index in [9.17, 15) is 14.4 Å². The van der Waals surface area contributed by atoms with E-state index in [0.29, 0.717) is 19.6 Å². The molecule has 4 amide bonds. The van der Waals surface area contributed by atoms with E-state index in [0.717, 1.165) is 32.2 Å². The van der Waals surface area contributed by atoms with Crippen LogP contribution in [-0.2, 0) is 9.59 Å². The maximum absolute atomic E-state index is 11.9. The Bertz CT molecular complexity index is 425. The van der Waals surface area contributed by atoms with Crippen LogP contribution in [0.2, 0.25) is 0 Å². The van der Waals surface area contributed by atoms with Crippen LogP contribution in [0, 0.1) is 5.92 Å². The minimum Gasteiger partial charge on any atom is -0.355 e. The fraction of sp³-hybridized carbons (Fsp3) is 0.786. The highest BCUT2D eigenvalue weighted by atomic mass is 16.2. The number of rotatable bonds is 6. The van der Waals surface area contributed by atoms with Gasteiger partial charge in [-0.25, -0.2) is 4.79 Å². The lowest BCUT2D eigenvalue weighted by atomic mass is 9.97. The lowest BCUT2D eigenvalue weighted by Gasteiger charge is -2.31. The number of hydrogen-bond acceptors (Lipinski definition) is 5. The first kappa shape index (κ1) is 16.7. The van der Waals surface area contributed by atoms with Gasteiger partial charge >= 0.3 is 6.03 Å². The standard InChI is InChI=1S/C14H25N5O3/c15-5-6-16-13(21)10-2-1-7-19(8-10)9-12(20)18-14(22)17-11-3-4-11/h10-11H,1-9,15H2,(H,16,21)(H2,17,18,20,22). The van der Waals surface area contributed by atoms with Gasteiger partial charge in [-0.05, 0) is 32.2 Å². The summed E-state index contributed by atoms with van der Waals surface area (Å²) >= 11 is 0. The predicted molar refractivity (Wildman–Crippen MR) is 80.9 cm³/mol. The van der Waals surface area contributed by atoms with Crippen LogP contribution < -0.4 is 21.7 Å². The van der Waals surface area contributed by atoms with Crippen LogP contribution in [-0.4, -0.2) is 61.5 Å². The first-order chi connectivity index (χ1) is 10.6. The average molecular weight is 311 g/mol. The number of carbonyl (C=O) groups is 3. The summed E-state index contributed by atoms with van der Waals surface area (Å²) in [5, 5.41) is 7.82. The van der Waals surface area contributed by atoms with Crippen molar-refractivity contribution in [2.24, 2.45) is 11.7 Å². The molecule has 124 valence electrons. The van der Waals surface area contributed by atoms with Crippen molar-refractivity contribution < 1.29 is 14.4 Å². The van der Waals surface area contributed by atoms with Crippen molar-refractivity contribution in [1.82, 2.24) is 20.9 Å². The van der Waals surface area contributed by atoms with Gasteiger partial charge in [0.25, 0.3) is 0 Å². The lowest BCUT2D eigenvalue weighted by molar-refractivity contribution is -0.128. The Hall–Kier alpha value is -1.67. The molecule has 2 rings (SSSR count). The molecule has 8 heteroatoms. The molecule has 0 radical (unpaired) electrons. The molecule has 1 atom stereocenters. The van der Waals surface area contributed by atoms with E-state index in [1.165, 1.54) is 0 Å². The van der Waals surface area contributed by atoms with Crippen LogP contribution in [0.3, 0.4) is 0 Å². The van der Waals surface area contributed by atoms with Crippen LogP contribution in [0.5, 0.6) is 0 Å². The van der Waals surface area contributed by atoms with Crippen LogP contribution in [0.15, 0.2) is 0 Å². The summed E-state index contributed by atoms with van der Waals surface area (Å²) in [6.07, 6.45) is 3.64. The highest BCUT2D eigenvalue weighted by Gasteiger charge is 2.27. The third kappa shape index (κ3) is 5.61. The minimum absolute atomic E-state index is 0.0120. The topological polar surface area (TPSA) is 117 Å². The predicted octanol–water partition coefficient (Wildman–Crippen LogP) is -1.24. The van der Waals surface area contributed by atoms with Gasteiger partial charge in [0.15, 0.2) is 0 Å². The summed E-state index contributed by atoms with van der Waals surface area (Å²) in [6, 6.07) is -0.208. The molecular weight excluding hydrogens is 286 g/mol. The van der Waals surface area contributed by atoms with Crippen LogP contribution >= 0.6 is 0 Å². The molecule has 0 aromatic carbocycles. The average Bonchev–Trinajstić information content (AvgIpc) is 3.28. The second-order valence-electron chi connectivity index (χ2n) is 5.95. The summed E-state index contributed by atoms with van der Waals surface area (Å²) in [4.78, 5) is 37.2. The molecule has 0 spiro atoms. The first-order valence-corrected chi connectivity index (χ1v) is 7.89. The Morgan fingerprint density at radius 3 is 2.64 bits per heavy atom. The largest absolute Gasteiger partial charge is 0.355 e. The number of piperidine rings is 1. The Kier molecular flexibility index (Phi) is 6.14. The third-order valence-electron chi connectivity index (χ3n) is 3.85. The summed E-state index contributed by atoms with van der Waals surface area (Å²) in [5.74, 6) is -0.461. The molecule has 1 saturated heterocycles. The molecule has 1 aliphatic heterocycles. The third-order valence-corrected chi connectivity index (χ3v) is 3.85. The zero-order chi connectivity index (χ0) is 15.9. The van der Waals surface area contributed by atoms with E-state index in [-0.39, 0.29) is 30.3 Å². The number of nitrogens with zero attached hydrogens (tertiary/aromatic N) is 1. The number of imide groups is 1. The highest BCUT2D eigenvalue weighted by Crippen LogP contribution is 2.18. The molecule has 1 saturated carbocycles. The van der Waals surface area contributed by atoms with Gasteiger partial charge in [0.1, 0.15) is 0 Å². The summed E-state index contributed by atoms with van der Waals surface area (Å²) < 4.78 is 0. The molecule has 1 aliphatic carbocycles. The van der Waals surface area contributed by atoms with Crippen LogP contribution in [0.1, 0.15) is 25.7 Å². The van der Waals surface area contributed by atoms with Gasteiger partial charge in [-0.15, -0.1) is 0 Å². The van der Waals surface area contributed by atoms with E-state index in [1.54, 1.807) is 0 Å². The number of amides is 4. The second-order valence-corrected chi connectivity index (χ2v) is 5.95. The molecule has 0 aromatic heterocycles. The van der Waals surface area contributed by atoms with Gasteiger partial charge in [-0.2, -0.15) is 0 Å². The molecule has 1 heterocycles. The Morgan fingerprint density at radius 2 is 1.95 bits per heavy atom. The number of hydrogen-bond donors (Lipinski definition) is 4. The van der Waals surface area contributed by atoms with Gasteiger partial charge in [-0.1, -0.05) is 0 Å². The van der Waals surface area contributed by atoms with Gasteiger partial charge in [0.2, 0.25) is 11.8 Å². The second kappa shape index (κ2) is 8.09. The monoisotopic (exact) mass is 311 g/mol. The molecule has 2 aliphatic rings. The van der Waals surface area contributed by atoms with E-state index < -0.39 is 6.03 Å². The minimum atomic E-state index is -0.429. The van der Waals surface area contributed by atoms with Crippen molar-refractivity contribution in [3.8, 4) is 0 Å². The fourth-order valence-electron chi connectivity index (χ4n) is 2.57. The van der Waals surface area contributed by atoms with Crippen molar-refractivity contribution in [2.75, 3.05) is 32.7 Å². The molecule has 5 N–H and O–H groups in total. The first-order valence-electron chi connectivity index (χ1n) is 7.89. The number of carbonyl (C=O) groups excluding carboxylic acids is 3. The maximum atomic E-state index is 11.9. The van der Waals surface area contributed by atoms with Gasteiger partial charge in [0.05, 0.1) is 12.5 Å². The fourth-order valence-corrected chi connectivity index (χ4v) is 2.57. The number of nitrogens with two attached hydrogens (primary N) is 1. The van der Waals surface area contributed by atoms with Gasteiger partial charge in [-0.3, -0.25) is 19.8 Å². The molecule has 0 aromatic rings. The van der Waals surface area contributed by atoms with Gasteiger partial charge in [0, 0.05) is 25.7 Å². The molecule has 1 unspecified atom stereocenters. The summed E-state index contributed by atoms with van der Waals surface area (Å²) in [6.45, 7) is 2.32. The molecule has 0 bridgehead atoms. The SMILES string of the molecule is NCCNC(=O)C1CCCN(CC(=O)NC(=O)NC2CC2)C1. The summed E-state index contributed by atoms with van der Waals surface area (Å²) in [7, 11) is 0.